The van der Waals surface area contributed by atoms with Crippen molar-refractivity contribution in [1.29, 1.82) is 0 Å². The fraction of sp³-hybridized carbons (Fsp3) is 0. The van der Waals surface area contributed by atoms with Gasteiger partial charge < -0.3 is 9.80 Å². The van der Waals surface area contributed by atoms with Crippen LogP contribution in [0.4, 0.5) is 34.1 Å². The second kappa shape index (κ2) is 11.1. The maximum Gasteiger partial charge on any atom is 0.0619 e. The molecule has 0 aliphatic carbocycles. The van der Waals surface area contributed by atoms with Crippen LogP contribution < -0.4 is 9.80 Å². The highest BCUT2D eigenvalue weighted by molar-refractivity contribution is 6.23. The minimum absolute atomic E-state index is 1.12. The summed E-state index contributed by atoms with van der Waals surface area (Å²) in [5, 5.41) is 7.31. The van der Waals surface area contributed by atoms with E-state index in [4.69, 9.17) is 0 Å². The summed E-state index contributed by atoms with van der Waals surface area (Å²) in [6.45, 7) is 0. The number of anilines is 6. The third-order valence-corrected chi connectivity index (χ3v) is 8.37. The van der Waals surface area contributed by atoms with Gasteiger partial charge in [0, 0.05) is 38.9 Å². The number of fused-ring (bicyclic) bond motifs is 4. The lowest BCUT2D eigenvalue weighted by atomic mass is 9.94. The zero-order chi connectivity index (χ0) is 29.3. The first-order valence-electron chi connectivity index (χ1n) is 15.0. The Morgan fingerprint density at radius 2 is 0.727 bits per heavy atom. The molecule has 44 heavy (non-hydrogen) atoms. The number of benzene rings is 8. The zero-order valence-corrected chi connectivity index (χ0v) is 24.2. The molecule has 0 aromatic heterocycles. The Balaban J connectivity index is 1.53. The molecule has 8 rings (SSSR count). The van der Waals surface area contributed by atoms with E-state index in [1.807, 2.05) is 0 Å². The van der Waals surface area contributed by atoms with Crippen molar-refractivity contribution in [2.45, 2.75) is 0 Å². The van der Waals surface area contributed by atoms with Crippen LogP contribution in [0.1, 0.15) is 0 Å². The third-order valence-electron chi connectivity index (χ3n) is 8.37. The molecule has 0 aliphatic heterocycles. The molecule has 0 aliphatic rings. The van der Waals surface area contributed by atoms with Crippen LogP contribution in [0, 0.1) is 0 Å². The SMILES string of the molecule is c1ccc(N(c2ccccc2)c2cccc3c(N(c4ccccc4)c4ccccc4)c4ccc5ccccc5c4cc23)cc1. The van der Waals surface area contributed by atoms with E-state index in [0.29, 0.717) is 0 Å². The number of hydrogen-bond acceptors (Lipinski definition) is 2. The molecule has 0 saturated carbocycles. The molecule has 0 amide bonds. The standard InChI is InChI=1S/C42H30N2/c1-5-17-32(18-6-1)43(33-19-7-2-8-20-33)41-27-15-26-37-40(41)30-39-36-25-14-13-16-31(36)28-29-38(39)42(37)44(34-21-9-3-10-22-34)35-23-11-4-12-24-35/h1-30H. The van der Waals surface area contributed by atoms with E-state index in [1.165, 1.54) is 38.0 Å². The monoisotopic (exact) mass is 562 g/mol. The molecule has 0 heterocycles. The third kappa shape index (κ3) is 4.45. The summed E-state index contributed by atoms with van der Waals surface area (Å²) in [5.41, 5.74) is 6.78. The van der Waals surface area contributed by atoms with Gasteiger partial charge in [0.15, 0.2) is 0 Å². The van der Waals surface area contributed by atoms with Crippen LogP contribution in [0.2, 0.25) is 0 Å². The maximum atomic E-state index is 2.42. The molecule has 8 aromatic rings. The summed E-state index contributed by atoms with van der Waals surface area (Å²) in [6.07, 6.45) is 0. The normalized spacial score (nSPS) is 11.2. The summed E-state index contributed by atoms with van der Waals surface area (Å²) < 4.78 is 0. The first-order chi connectivity index (χ1) is 21.9. The Labute approximate surface area is 257 Å². The summed E-state index contributed by atoms with van der Waals surface area (Å²) in [6, 6.07) is 65.1. The molecule has 2 nitrogen and oxygen atoms in total. The summed E-state index contributed by atoms with van der Waals surface area (Å²) in [5.74, 6) is 0. The van der Waals surface area contributed by atoms with Crippen molar-refractivity contribution in [3.8, 4) is 0 Å². The van der Waals surface area contributed by atoms with Gasteiger partial charge >= 0.3 is 0 Å². The van der Waals surface area contributed by atoms with Crippen molar-refractivity contribution in [2.75, 3.05) is 9.80 Å². The predicted octanol–water partition coefficient (Wildman–Crippen LogP) is 12.1. The van der Waals surface area contributed by atoms with Gasteiger partial charge in [0.2, 0.25) is 0 Å². The van der Waals surface area contributed by atoms with Crippen LogP contribution in [0.25, 0.3) is 32.3 Å². The molecule has 0 atom stereocenters. The summed E-state index contributed by atoms with van der Waals surface area (Å²) in [7, 11) is 0. The Kier molecular flexibility index (Phi) is 6.51. The van der Waals surface area contributed by atoms with Gasteiger partial charge in [0.05, 0.1) is 11.4 Å². The average molecular weight is 563 g/mol. The quantitative estimate of drug-likeness (QED) is 0.147. The van der Waals surface area contributed by atoms with Gasteiger partial charge in [-0.3, -0.25) is 0 Å². The van der Waals surface area contributed by atoms with Crippen LogP contribution in [-0.4, -0.2) is 0 Å². The van der Waals surface area contributed by atoms with Crippen molar-refractivity contribution in [2.24, 2.45) is 0 Å². The molecule has 0 bridgehead atoms. The van der Waals surface area contributed by atoms with E-state index in [1.54, 1.807) is 0 Å². The highest BCUT2D eigenvalue weighted by Crippen LogP contribution is 2.48. The van der Waals surface area contributed by atoms with Crippen LogP contribution in [0.3, 0.4) is 0 Å². The van der Waals surface area contributed by atoms with Gasteiger partial charge in [-0.15, -0.1) is 0 Å². The number of rotatable bonds is 6. The summed E-state index contributed by atoms with van der Waals surface area (Å²) >= 11 is 0. The Bertz CT molecular complexity index is 2130. The fourth-order valence-electron chi connectivity index (χ4n) is 6.44. The van der Waals surface area contributed by atoms with E-state index in [0.717, 1.165) is 28.4 Å². The molecule has 0 radical (unpaired) electrons. The lowest BCUT2D eigenvalue weighted by Gasteiger charge is -2.31. The number of hydrogen-bond donors (Lipinski definition) is 0. The lowest BCUT2D eigenvalue weighted by Crippen LogP contribution is -2.13. The number of nitrogens with zero attached hydrogens (tertiary/aromatic N) is 2. The summed E-state index contributed by atoms with van der Waals surface area (Å²) in [4.78, 5) is 4.79. The molecule has 208 valence electrons. The van der Waals surface area contributed by atoms with E-state index >= 15 is 0 Å². The topological polar surface area (TPSA) is 6.48 Å². The molecular weight excluding hydrogens is 532 g/mol. The Morgan fingerprint density at radius 3 is 1.30 bits per heavy atom. The van der Waals surface area contributed by atoms with Gasteiger partial charge in [-0.25, -0.2) is 0 Å². The smallest absolute Gasteiger partial charge is 0.0619 e. The van der Waals surface area contributed by atoms with E-state index in [9.17, 15) is 0 Å². The van der Waals surface area contributed by atoms with E-state index in [-0.39, 0.29) is 0 Å². The largest absolute Gasteiger partial charge is 0.310 e. The van der Waals surface area contributed by atoms with Crippen molar-refractivity contribution >= 4 is 66.4 Å². The van der Waals surface area contributed by atoms with Gasteiger partial charge in [-0.2, -0.15) is 0 Å². The molecule has 2 heteroatoms. The minimum atomic E-state index is 1.12. The average Bonchev–Trinajstić information content (AvgIpc) is 3.10. The van der Waals surface area contributed by atoms with Crippen molar-refractivity contribution < 1.29 is 0 Å². The zero-order valence-electron chi connectivity index (χ0n) is 24.2. The highest BCUT2D eigenvalue weighted by atomic mass is 15.2. The molecular formula is C42H30N2. The predicted molar refractivity (Wildman–Crippen MR) is 188 cm³/mol. The molecule has 0 N–H and O–H groups in total. The lowest BCUT2D eigenvalue weighted by molar-refractivity contribution is 1.29. The van der Waals surface area contributed by atoms with Gasteiger partial charge in [0.1, 0.15) is 0 Å². The van der Waals surface area contributed by atoms with Crippen molar-refractivity contribution in [1.82, 2.24) is 0 Å². The first-order valence-corrected chi connectivity index (χ1v) is 15.0. The van der Waals surface area contributed by atoms with Crippen LogP contribution in [-0.2, 0) is 0 Å². The fourth-order valence-corrected chi connectivity index (χ4v) is 6.44. The second-order valence-electron chi connectivity index (χ2n) is 11.0. The van der Waals surface area contributed by atoms with Crippen molar-refractivity contribution in [3.05, 3.63) is 182 Å². The van der Waals surface area contributed by atoms with Gasteiger partial charge in [-0.1, -0.05) is 121 Å². The van der Waals surface area contributed by atoms with Gasteiger partial charge in [0.25, 0.3) is 0 Å². The second-order valence-corrected chi connectivity index (χ2v) is 11.0. The van der Waals surface area contributed by atoms with Gasteiger partial charge in [-0.05, 0) is 76.8 Å². The minimum Gasteiger partial charge on any atom is -0.310 e. The first kappa shape index (κ1) is 25.8. The molecule has 0 fully saturated rings. The maximum absolute atomic E-state index is 2.42. The van der Waals surface area contributed by atoms with Crippen LogP contribution in [0.5, 0.6) is 0 Å². The van der Waals surface area contributed by atoms with Crippen LogP contribution in [0.15, 0.2) is 182 Å². The Hall–Kier alpha value is -5.86. The van der Waals surface area contributed by atoms with E-state index in [2.05, 4.69) is 192 Å². The highest BCUT2D eigenvalue weighted by Gasteiger charge is 2.22. The Morgan fingerprint density at radius 1 is 0.273 bits per heavy atom. The molecule has 0 spiro atoms. The molecule has 0 unspecified atom stereocenters. The van der Waals surface area contributed by atoms with Crippen molar-refractivity contribution in [3.63, 3.8) is 0 Å². The molecule has 0 saturated heterocycles. The number of para-hydroxylation sites is 4. The van der Waals surface area contributed by atoms with Crippen LogP contribution >= 0.6 is 0 Å². The van der Waals surface area contributed by atoms with E-state index < -0.39 is 0 Å². The molecule has 8 aromatic carbocycles.